The van der Waals surface area contributed by atoms with Crippen LogP contribution in [0.15, 0.2) is 42.6 Å². The molecule has 0 aliphatic carbocycles. The Morgan fingerprint density at radius 1 is 1.36 bits per heavy atom. The fourth-order valence-corrected chi connectivity index (χ4v) is 0.919. The molecule has 0 saturated carbocycles. The molecule has 0 amide bonds. The Balaban J connectivity index is 2.43. The van der Waals surface area contributed by atoms with Crippen LogP contribution >= 0.6 is 0 Å². The summed E-state index contributed by atoms with van der Waals surface area (Å²) in [7, 11) is 0. The number of ether oxygens (including phenoxy) is 1. The average Bonchev–Trinajstić information content (AvgIpc) is 2.24. The number of aliphatic imine (C=N–C) groups is 1. The van der Waals surface area contributed by atoms with Gasteiger partial charge in [-0.2, -0.15) is 0 Å². The second-order valence-electron chi connectivity index (χ2n) is 2.56. The smallest absolute Gasteiger partial charge is 0.176 e. The van der Waals surface area contributed by atoms with Crippen LogP contribution < -0.4 is 0 Å². The molecule has 4 nitrogen and oxygen atoms in total. The van der Waals surface area contributed by atoms with E-state index in [2.05, 4.69) is 18.2 Å². The summed E-state index contributed by atoms with van der Waals surface area (Å²) in [4.78, 5) is 9.22. The first-order valence-corrected chi connectivity index (χ1v) is 4.33. The first kappa shape index (κ1) is 10.7. The highest BCUT2D eigenvalue weighted by molar-refractivity contribution is 5.56. The Morgan fingerprint density at radius 3 is 2.86 bits per heavy atom. The van der Waals surface area contributed by atoms with Gasteiger partial charge in [0.1, 0.15) is 6.34 Å². The van der Waals surface area contributed by atoms with Crippen LogP contribution in [0.3, 0.4) is 0 Å². The Bertz CT molecular complexity index is 223. The summed E-state index contributed by atoms with van der Waals surface area (Å²) >= 11 is 0. The molecule has 0 fully saturated rings. The SMILES string of the molecule is C=CCOC1C=CN=CN1OCC=C. The molecule has 1 unspecified atom stereocenters. The van der Waals surface area contributed by atoms with Gasteiger partial charge in [0.05, 0.1) is 13.2 Å². The van der Waals surface area contributed by atoms with Crippen LogP contribution in [-0.2, 0) is 9.57 Å². The average molecular weight is 194 g/mol. The van der Waals surface area contributed by atoms with E-state index in [0.717, 1.165) is 0 Å². The Labute approximate surface area is 83.8 Å². The van der Waals surface area contributed by atoms with E-state index in [4.69, 9.17) is 9.57 Å². The molecule has 0 aromatic heterocycles. The maximum absolute atomic E-state index is 5.41. The highest BCUT2D eigenvalue weighted by Gasteiger charge is 2.15. The van der Waals surface area contributed by atoms with Crippen molar-refractivity contribution in [2.24, 2.45) is 4.99 Å². The van der Waals surface area contributed by atoms with Crippen molar-refractivity contribution < 1.29 is 9.57 Å². The minimum atomic E-state index is -0.245. The van der Waals surface area contributed by atoms with E-state index < -0.39 is 0 Å². The molecule has 1 rings (SSSR count). The van der Waals surface area contributed by atoms with Gasteiger partial charge < -0.3 is 4.74 Å². The van der Waals surface area contributed by atoms with E-state index in [1.54, 1.807) is 30.8 Å². The summed E-state index contributed by atoms with van der Waals surface area (Å²) in [6, 6.07) is 0. The maximum atomic E-state index is 5.41. The minimum absolute atomic E-state index is 0.245. The number of hydrogen-bond donors (Lipinski definition) is 0. The van der Waals surface area contributed by atoms with Gasteiger partial charge in [-0.1, -0.05) is 12.2 Å². The van der Waals surface area contributed by atoms with Crippen molar-refractivity contribution in [3.05, 3.63) is 37.6 Å². The molecule has 1 aliphatic heterocycles. The van der Waals surface area contributed by atoms with Crippen molar-refractivity contribution in [2.75, 3.05) is 13.2 Å². The molecule has 0 aromatic carbocycles. The molecule has 0 bridgehead atoms. The van der Waals surface area contributed by atoms with E-state index in [1.807, 2.05) is 0 Å². The van der Waals surface area contributed by atoms with Gasteiger partial charge in [0.15, 0.2) is 6.23 Å². The molecule has 1 aliphatic rings. The van der Waals surface area contributed by atoms with Crippen molar-refractivity contribution in [3.63, 3.8) is 0 Å². The van der Waals surface area contributed by atoms with Crippen molar-refractivity contribution in [2.45, 2.75) is 6.23 Å². The minimum Gasteiger partial charge on any atom is -0.348 e. The van der Waals surface area contributed by atoms with Gasteiger partial charge in [-0.3, -0.25) is 4.84 Å². The van der Waals surface area contributed by atoms with Crippen LogP contribution in [0.25, 0.3) is 0 Å². The zero-order chi connectivity index (χ0) is 10.2. The van der Waals surface area contributed by atoms with Crippen LogP contribution in [0.2, 0.25) is 0 Å². The Hall–Kier alpha value is -1.39. The van der Waals surface area contributed by atoms with Gasteiger partial charge in [-0.25, -0.2) is 10.1 Å². The quantitative estimate of drug-likeness (QED) is 0.601. The molecule has 0 spiro atoms. The van der Waals surface area contributed by atoms with E-state index in [1.165, 1.54) is 5.06 Å². The first-order valence-electron chi connectivity index (χ1n) is 4.33. The third kappa shape index (κ3) is 3.16. The molecule has 1 atom stereocenters. The van der Waals surface area contributed by atoms with E-state index >= 15 is 0 Å². The van der Waals surface area contributed by atoms with Gasteiger partial charge in [0, 0.05) is 6.20 Å². The second kappa shape index (κ2) is 6.12. The zero-order valence-corrected chi connectivity index (χ0v) is 8.00. The molecular formula is C10H14N2O2. The van der Waals surface area contributed by atoms with Gasteiger partial charge in [0.2, 0.25) is 0 Å². The lowest BCUT2D eigenvalue weighted by atomic mass is 10.5. The molecule has 0 saturated heterocycles. The first-order chi connectivity index (χ1) is 6.88. The van der Waals surface area contributed by atoms with E-state index in [0.29, 0.717) is 13.2 Å². The van der Waals surface area contributed by atoms with Crippen molar-refractivity contribution in [1.29, 1.82) is 0 Å². The van der Waals surface area contributed by atoms with E-state index in [9.17, 15) is 0 Å². The van der Waals surface area contributed by atoms with Crippen molar-refractivity contribution in [3.8, 4) is 0 Å². The second-order valence-corrected chi connectivity index (χ2v) is 2.56. The molecule has 0 N–H and O–H groups in total. The van der Waals surface area contributed by atoms with Crippen LogP contribution in [0, 0.1) is 0 Å². The summed E-state index contributed by atoms with van der Waals surface area (Å²) in [6.45, 7) is 8.03. The predicted molar refractivity (Wildman–Crippen MR) is 55.6 cm³/mol. The maximum Gasteiger partial charge on any atom is 0.176 e. The zero-order valence-electron chi connectivity index (χ0n) is 8.00. The number of hydrogen-bond acceptors (Lipinski definition) is 4. The summed E-state index contributed by atoms with van der Waals surface area (Å²) in [5, 5.41) is 1.53. The number of hydroxylamine groups is 2. The number of rotatable bonds is 6. The lowest BCUT2D eigenvalue weighted by Gasteiger charge is -2.27. The summed E-state index contributed by atoms with van der Waals surface area (Å²) < 4.78 is 5.41. The Morgan fingerprint density at radius 2 is 2.14 bits per heavy atom. The number of nitrogens with zero attached hydrogens (tertiary/aromatic N) is 2. The van der Waals surface area contributed by atoms with Crippen molar-refractivity contribution >= 4 is 6.34 Å². The lowest BCUT2D eigenvalue weighted by molar-refractivity contribution is -0.173. The van der Waals surface area contributed by atoms with Crippen LogP contribution in [0.5, 0.6) is 0 Å². The third-order valence-electron chi connectivity index (χ3n) is 1.49. The van der Waals surface area contributed by atoms with Crippen molar-refractivity contribution in [1.82, 2.24) is 5.06 Å². The standard InChI is InChI=1S/C10H14N2O2/c1-3-7-13-10-5-6-11-9-12(10)14-8-4-2/h3-6,9-10H,1-2,7-8H2. The monoisotopic (exact) mass is 194 g/mol. The van der Waals surface area contributed by atoms with Gasteiger partial charge in [-0.05, 0) is 6.08 Å². The molecule has 1 heterocycles. The van der Waals surface area contributed by atoms with Gasteiger partial charge in [0.25, 0.3) is 0 Å². The normalized spacial score (nSPS) is 19.7. The Kier molecular flexibility index (Phi) is 4.68. The van der Waals surface area contributed by atoms with Gasteiger partial charge in [-0.15, -0.1) is 13.2 Å². The van der Waals surface area contributed by atoms with E-state index in [-0.39, 0.29) is 6.23 Å². The summed E-state index contributed by atoms with van der Waals surface area (Å²) in [6.07, 6.45) is 8.14. The third-order valence-corrected chi connectivity index (χ3v) is 1.49. The lowest BCUT2D eigenvalue weighted by Crippen LogP contribution is -2.36. The highest BCUT2D eigenvalue weighted by Crippen LogP contribution is 2.06. The molecule has 0 radical (unpaired) electrons. The largest absolute Gasteiger partial charge is 0.348 e. The predicted octanol–water partition coefficient (Wildman–Crippen LogP) is 1.49. The van der Waals surface area contributed by atoms with Crippen LogP contribution in [0.4, 0.5) is 0 Å². The fraction of sp³-hybridized carbons (Fsp3) is 0.300. The molecular weight excluding hydrogens is 180 g/mol. The molecule has 4 heteroatoms. The summed E-state index contributed by atoms with van der Waals surface area (Å²) in [5.41, 5.74) is 0. The van der Waals surface area contributed by atoms with Crippen LogP contribution in [0.1, 0.15) is 0 Å². The van der Waals surface area contributed by atoms with Crippen LogP contribution in [-0.4, -0.2) is 30.8 Å². The molecule has 76 valence electrons. The molecule has 14 heavy (non-hydrogen) atoms. The molecule has 0 aromatic rings. The topological polar surface area (TPSA) is 34.1 Å². The van der Waals surface area contributed by atoms with Gasteiger partial charge >= 0.3 is 0 Å². The fourth-order valence-electron chi connectivity index (χ4n) is 0.919. The summed E-state index contributed by atoms with van der Waals surface area (Å²) in [5.74, 6) is 0. The highest BCUT2D eigenvalue weighted by atomic mass is 16.7.